The lowest BCUT2D eigenvalue weighted by molar-refractivity contribution is -0.291. The molecule has 1 aliphatic heterocycles. The number of hydrogen-bond acceptors (Lipinski definition) is 21. The van der Waals surface area contributed by atoms with E-state index < -0.39 is 66.9 Å². The molecule has 1 fully saturated rings. The van der Waals surface area contributed by atoms with Gasteiger partial charge in [-0.25, -0.2) is 19.2 Å². The fraction of sp³-hybridized carbons (Fsp3) is 0.378. The number of ether oxygens (including phenoxy) is 16. The molecule has 0 radical (unpaired) electrons. The van der Waals surface area contributed by atoms with Gasteiger partial charge in [0.1, 0.15) is 24.2 Å². The maximum absolute atomic E-state index is 14.4. The number of benzene rings is 4. The van der Waals surface area contributed by atoms with Gasteiger partial charge in [-0.15, -0.1) is 0 Å². The minimum absolute atomic E-state index is 0.00821. The summed E-state index contributed by atoms with van der Waals surface area (Å²) in [4.78, 5) is 56.5. The van der Waals surface area contributed by atoms with E-state index in [1.807, 2.05) is 0 Å². The first kappa shape index (κ1) is 49.5. The Bertz CT molecular complexity index is 2310. The van der Waals surface area contributed by atoms with Gasteiger partial charge in [0.2, 0.25) is 17.2 Å². The van der Waals surface area contributed by atoms with Crippen molar-refractivity contribution in [2.75, 3.05) is 84.8 Å². The summed E-state index contributed by atoms with van der Waals surface area (Å²) in [5.74, 6) is -3.52. The molecule has 1 saturated heterocycles. The molecule has 0 aliphatic carbocycles. The van der Waals surface area contributed by atoms with Crippen LogP contribution in [0.1, 0.15) is 41.4 Å². The fourth-order valence-corrected chi connectivity index (χ4v) is 6.81. The van der Waals surface area contributed by atoms with Crippen molar-refractivity contribution in [3.63, 3.8) is 0 Å². The topological polar surface area (TPSA) is 236 Å². The van der Waals surface area contributed by atoms with Crippen LogP contribution in [0, 0.1) is 0 Å². The van der Waals surface area contributed by atoms with Crippen LogP contribution in [0.5, 0.6) is 63.2 Å². The monoisotopic (exact) mass is 926 g/mol. The third-order valence-corrected chi connectivity index (χ3v) is 10.0. The van der Waals surface area contributed by atoms with Crippen molar-refractivity contribution < 1.29 is 100 Å². The molecule has 356 valence electrons. The number of phenolic OH excluding ortho intramolecular Hbond substituents is 1. The minimum atomic E-state index is -1.83. The Morgan fingerprint density at radius 1 is 0.439 bits per heavy atom. The third kappa shape index (κ3) is 10.7. The molecular formula is C45H50O21. The van der Waals surface area contributed by atoms with E-state index in [-0.39, 0.29) is 79.7 Å². The highest BCUT2D eigenvalue weighted by molar-refractivity contribution is 5.93. The molecule has 66 heavy (non-hydrogen) atoms. The number of hydrogen-bond donors (Lipinski definition) is 1. The number of esters is 4. The summed E-state index contributed by atoms with van der Waals surface area (Å²) in [6, 6.07) is 11.8. The van der Waals surface area contributed by atoms with E-state index in [0.717, 1.165) is 6.07 Å². The summed E-state index contributed by atoms with van der Waals surface area (Å²) in [6.07, 6.45) is -8.52. The largest absolute Gasteiger partial charge is 0.504 e. The van der Waals surface area contributed by atoms with Crippen LogP contribution in [0.15, 0.2) is 54.6 Å². The van der Waals surface area contributed by atoms with Gasteiger partial charge in [-0.2, -0.15) is 0 Å². The van der Waals surface area contributed by atoms with Crippen LogP contribution < -0.4 is 47.4 Å². The molecule has 5 atom stereocenters. The first-order valence-electron chi connectivity index (χ1n) is 19.5. The molecule has 21 nitrogen and oxygen atoms in total. The molecule has 0 aromatic heterocycles. The molecule has 21 heteroatoms. The van der Waals surface area contributed by atoms with Crippen LogP contribution in [0.3, 0.4) is 0 Å². The van der Waals surface area contributed by atoms with Gasteiger partial charge in [0, 0.05) is 13.2 Å². The molecule has 0 spiro atoms. The highest BCUT2D eigenvalue weighted by Gasteiger charge is 2.53. The molecule has 0 unspecified atom stereocenters. The summed E-state index contributed by atoms with van der Waals surface area (Å²) in [7, 11) is 14.7. The molecule has 0 saturated carbocycles. The highest BCUT2D eigenvalue weighted by Crippen LogP contribution is 2.42. The Labute approximate surface area is 379 Å². The SMILES string of the molecule is COc1cc(OC)cc(C(=O)O[C@H]2[C@H](OC(=O)c3cc(OC)c(OC)c(OC)c3)[C@@H](OC(=O)c3cc(OC)c(OC)c(OC)c3)[C@H](OC)O[C@@H]2COC(=O)c2cc(O)c(OC)c(OC)c2)c1. The molecule has 1 aliphatic rings. The molecule has 0 amide bonds. The van der Waals surface area contributed by atoms with E-state index in [2.05, 4.69) is 0 Å². The summed E-state index contributed by atoms with van der Waals surface area (Å²) < 4.78 is 89.7. The van der Waals surface area contributed by atoms with Crippen molar-refractivity contribution in [1.29, 1.82) is 0 Å². The molecule has 1 heterocycles. The van der Waals surface area contributed by atoms with Gasteiger partial charge in [-0.1, -0.05) is 0 Å². The standard InChI is InChI=1S/C45H50O21/c1-51-26-12-22(13-27(20-26)52-2)42(48)64-38-34(21-62-41(47)23-14-28(46)35(58-8)29(15-23)53-3)63-45(61-11)40(66-44(50)25-18-32(56-6)37(60-10)33(19-25)57-7)39(38)65-43(49)24-16-30(54-4)36(59-9)31(17-24)55-5/h12-20,34,38-40,45-46H,21H2,1-11H3/t34-,38-,39+,40-,45-/m1/s1. The Morgan fingerprint density at radius 3 is 1.21 bits per heavy atom. The van der Waals surface area contributed by atoms with Crippen molar-refractivity contribution in [1.82, 2.24) is 0 Å². The van der Waals surface area contributed by atoms with Crippen LogP contribution in [0.4, 0.5) is 0 Å². The van der Waals surface area contributed by atoms with Gasteiger partial charge in [0.05, 0.1) is 93.4 Å². The van der Waals surface area contributed by atoms with Crippen molar-refractivity contribution in [2.24, 2.45) is 0 Å². The summed E-state index contributed by atoms with van der Waals surface area (Å²) in [5, 5.41) is 10.6. The molecule has 5 rings (SSSR count). The molecule has 1 N–H and O–H groups in total. The van der Waals surface area contributed by atoms with Crippen LogP contribution >= 0.6 is 0 Å². The summed E-state index contributed by atoms with van der Waals surface area (Å²) >= 11 is 0. The summed E-state index contributed by atoms with van der Waals surface area (Å²) in [5.41, 5.74) is -0.556. The predicted octanol–water partition coefficient (Wildman–Crippen LogP) is 4.68. The second-order valence-corrected chi connectivity index (χ2v) is 13.6. The van der Waals surface area contributed by atoms with Gasteiger partial charge in [0.25, 0.3) is 0 Å². The number of methoxy groups -OCH3 is 11. The Kier molecular flexibility index (Phi) is 16.8. The zero-order valence-corrected chi connectivity index (χ0v) is 37.9. The average Bonchev–Trinajstić information content (AvgIpc) is 3.34. The maximum Gasteiger partial charge on any atom is 0.339 e. The number of phenols is 1. The zero-order chi connectivity index (χ0) is 48.2. The molecule has 4 aromatic carbocycles. The van der Waals surface area contributed by atoms with Crippen LogP contribution in [0.25, 0.3) is 0 Å². The predicted molar refractivity (Wildman–Crippen MR) is 227 cm³/mol. The van der Waals surface area contributed by atoms with Crippen molar-refractivity contribution in [2.45, 2.75) is 30.7 Å². The van der Waals surface area contributed by atoms with Crippen molar-refractivity contribution >= 4 is 23.9 Å². The van der Waals surface area contributed by atoms with E-state index in [1.165, 1.54) is 127 Å². The molecule has 4 aromatic rings. The number of carbonyl (C=O) groups is 4. The maximum atomic E-state index is 14.4. The van der Waals surface area contributed by atoms with Gasteiger partial charge in [-0.05, 0) is 48.5 Å². The summed E-state index contributed by atoms with van der Waals surface area (Å²) in [6.45, 7) is -0.723. The van der Waals surface area contributed by atoms with Gasteiger partial charge in [0.15, 0.2) is 59.1 Å². The number of carbonyl (C=O) groups excluding carboxylic acids is 4. The average molecular weight is 927 g/mol. The van der Waals surface area contributed by atoms with Crippen molar-refractivity contribution in [3.05, 3.63) is 76.9 Å². The lowest BCUT2D eigenvalue weighted by Crippen LogP contribution is -2.63. The molecule has 0 bridgehead atoms. The van der Waals surface area contributed by atoms with E-state index in [4.69, 9.17) is 75.8 Å². The van der Waals surface area contributed by atoms with Gasteiger partial charge in [-0.3, -0.25) is 0 Å². The Hall–Kier alpha value is -7.52. The first-order chi connectivity index (χ1) is 31.8. The zero-order valence-electron chi connectivity index (χ0n) is 37.9. The number of aromatic hydroxyl groups is 1. The lowest BCUT2D eigenvalue weighted by atomic mass is 9.97. The van der Waals surface area contributed by atoms with Gasteiger partial charge >= 0.3 is 23.9 Å². The van der Waals surface area contributed by atoms with Crippen LogP contribution in [-0.4, -0.2) is 145 Å². The third-order valence-electron chi connectivity index (χ3n) is 10.0. The van der Waals surface area contributed by atoms with Crippen molar-refractivity contribution in [3.8, 4) is 63.2 Å². The minimum Gasteiger partial charge on any atom is -0.504 e. The quantitative estimate of drug-likeness (QED) is 0.0935. The Morgan fingerprint density at radius 2 is 0.818 bits per heavy atom. The fourth-order valence-electron chi connectivity index (χ4n) is 6.81. The second-order valence-electron chi connectivity index (χ2n) is 13.6. The van der Waals surface area contributed by atoms with E-state index in [1.54, 1.807) is 0 Å². The van der Waals surface area contributed by atoms with Gasteiger partial charge < -0.3 is 80.9 Å². The smallest absolute Gasteiger partial charge is 0.339 e. The first-order valence-corrected chi connectivity index (χ1v) is 19.5. The lowest BCUT2D eigenvalue weighted by Gasteiger charge is -2.44. The Balaban J connectivity index is 1.66. The van der Waals surface area contributed by atoms with E-state index in [0.29, 0.717) is 0 Å². The van der Waals surface area contributed by atoms with E-state index in [9.17, 15) is 24.3 Å². The van der Waals surface area contributed by atoms with Crippen LogP contribution in [-0.2, 0) is 28.4 Å². The number of rotatable bonds is 20. The highest BCUT2D eigenvalue weighted by atomic mass is 16.7. The van der Waals surface area contributed by atoms with Crippen LogP contribution in [0.2, 0.25) is 0 Å². The molecular weight excluding hydrogens is 876 g/mol. The van der Waals surface area contributed by atoms with E-state index >= 15 is 0 Å². The second kappa shape index (κ2) is 22.4. The normalized spacial score (nSPS) is 17.5.